The lowest BCUT2D eigenvalue weighted by atomic mass is 10.0. The van der Waals surface area contributed by atoms with Crippen molar-refractivity contribution in [1.82, 2.24) is 14.2 Å². The van der Waals surface area contributed by atoms with Gasteiger partial charge in [-0.15, -0.1) is 0 Å². The molecule has 0 unspecified atom stereocenters. The van der Waals surface area contributed by atoms with Crippen LogP contribution < -0.4 is 9.47 Å². The summed E-state index contributed by atoms with van der Waals surface area (Å²) in [4.78, 5) is 19.7. The summed E-state index contributed by atoms with van der Waals surface area (Å²) in [5.74, 6) is 1.25. The number of hydrogen-bond donors (Lipinski definition) is 0. The van der Waals surface area contributed by atoms with Gasteiger partial charge < -0.3 is 14.4 Å². The monoisotopic (exact) mass is 529 g/mol. The highest BCUT2D eigenvalue weighted by Crippen LogP contribution is 2.32. The fourth-order valence-electron chi connectivity index (χ4n) is 4.71. The van der Waals surface area contributed by atoms with Crippen LogP contribution >= 0.6 is 11.3 Å². The maximum Gasteiger partial charge on any atom is 0.274 e. The minimum absolute atomic E-state index is 0.00344. The lowest BCUT2D eigenvalue weighted by Gasteiger charge is -2.31. The number of sulfonamides is 1. The first-order valence-electron chi connectivity index (χ1n) is 12.3. The molecule has 0 N–H and O–H groups in total. The van der Waals surface area contributed by atoms with Crippen LogP contribution in [-0.2, 0) is 10.0 Å². The summed E-state index contributed by atoms with van der Waals surface area (Å²) >= 11 is 1.49. The van der Waals surface area contributed by atoms with Crippen molar-refractivity contribution in [2.75, 3.05) is 33.3 Å². The molecule has 3 aromatic rings. The number of hydrogen-bond acceptors (Lipinski definition) is 7. The van der Waals surface area contributed by atoms with Crippen LogP contribution in [-0.4, -0.2) is 67.9 Å². The first-order chi connectivity index (χ1) is 17.3. The number of rotatable bonds is 6. The number of methoxy groups -OCH3 is 1. The average Bonchev–Trinajstić information content (AvgIpc) is 3.30. The van der Waals surface area contributed by atoms with E-state index in [0.717, 1.165) is 28.8 Å². The predicted octanol–water partition coefficient (Wildman–Crippen LogP) is 4.41. The Morgan fingerprint density at radius 2 is 1.69 bits per heavy atom. The van der Waals surface area contributed by atoms with Gasteiger partial charge in [-0.1, -0.05) is 18.3 Å². The molecule has 10 heteroatoms. The van der Waals surface area contributed by atoms with E-state index in [1.165, 1.54) is 11.3 Å². The van der Waals surface area contributed by atoms with E-state index in [2.05, 4.69) is 11.9 Å². The molecule has 2 aliphatic rings. The Hall–Kier alpha value is -2.69. The van der Waals surface area contributed by atoms with Crippen molar-refractivity contribution in [2.45, 2.75) is 43.6 Å². The maximum atomic E-state index is 13.0. The van der Waals surface area contributed by atoms with E-state index in [1.54, 1.807) is 40.6 Å². The molecule has 8 nitrogen and oxygen atoms in total. The molecule has 1 amide bonds. The van der Waals surface area contributed by atoms with Crippen LogP contribution in [0, 0.1) is 5.92 Å². The number of carbonyl (C=O) groups is 1. The zero-order chi connectivity index (χ0) is 25.3. The van der Waals surface area contributed by atoms with Gasteiger partial charge in [0.2, 0.25) is 10.0 Å². The van der Waals surface area contributed by atoms with Gasteiger partial charge in [0.25, 0.3) is 11.1 Å². The summed E-state index contributed by atoms with van der Waals surface area (Å²) in [5, 5.41) is 0.628. The normalized spacial score (nSPS) is 18.4. The topological polar surface area (TPSA) is 89.0 Å². The number of aromatic nitrogens is 1. The Kier molecular flexibility index (Phi) is 7.18. The summed E-state index contributed by atoms with van der Waals surface area (Å²) in [6.45, 7) is 4.40. The Labute approximate surface area is 215 Å². The minimum Gasteiger partial charge on any atom is -0.497 e. The third-order valence-corrected chi connectivity index (χ3v) is 9.88. The quantitative estimate of drug-likeness (QED) is 0.470. The second kappa shape index (κ2) is 10.4. The lowest BCUT2D eigenvalue weighted by Crippen LogP contribution is -2.41. The largest absolute Gasteiger partial charge is 0.497 e. The van der Waals surface area contributed by atoms with Crippen molar-refractivity contribution in [3.8, 4) is 10.9 Å². The fourth-order valence-corrected chi connectivity index (χ4v) is 7.09. The zero-order valence-electron chi connectivity index (χ0n) is 20.6. The van der Waals surface area contributed by atoms with Gasteiger partial charge in [-0.3, -0.25) is 4.79 Å². The van der Waals surface area contributed by atoms with Gasteiger partial charge >= 0.3 is 0 Å². The average molecular weight is 530 g/mol. The number of benzene rings is 2. The highest BCUT2D eigenvalue weighted by molar-refractivity contribution is 7.89. The van der Waals surface area contributed by atoms with Crippen LogP contribution in [0.25, 0.3) is 10.2 Å². The molecule has 2 aliphatic heterocycles. The highest BCUT2D eigenvalue weighted by atomic mass is 32.2. The molecule has 36 heavy (non-hydrogen) atoms. The number of amides is 1. The van der Waals surface area contributed by atoms with Gasteiger partial charge in [-0.2, -0.15) is 4.31 Å². The van der Waals surface area contributed by atoms with Gasteiger partial charge in [-0.05, 0) is 61.2 Å². The van der Waals surface area contributed by atoms with E-state index in [9.17, 15) is 13.2 Å². The Morgan fingerprint density at radius 3 is 2.36 bits per heavy atom. The van der Waals surface area contributed by atoms with E-state index < -0.39 is 10.0 Å². The van der Waals surface area contributed by atoms with Gasteiger partial charge in [0.1, 0.15) is 11.9 Å². The van der Waals surface area contributed by atoms with Crippen LogP contribution in [0.3, 0.4) is 0 Å². The van der Waals surface area contributed by atoms with E-state index in [-0.39, 0.29) is 16.9 Å². The van der Waals surface area contributed by atoms with Crippen molar-refractivity contribution in [3.63, 3.8) is 0 Å². The lowest BCUT2D eigenvalue weighted by molar-refractivity contribution is 0.0595. The first-order valence-corrected chi connectivity index (χ1v) is 14.6. The number of piperidine rings is 2. The summed E-state index contributed by atoms with van der Waals surface area (Å²) in [7, 11) is -1.88. The van der Waals surface area contributed by atoms with Gasteiger partial charge in [0, 0.05) is 44.6 Å². The van der Waals surface area contributed by atoms with Crippen LogP contribution in [0.1, 0.15) is 43.0 Å². The van der Waals surface area contributed by atoms with Gasteiger partial charge in [0.05, 0.1) is 22.2 Å². The van der Waals surface area contributed by atoms with Crippen LogP contribution in [0.4, 0.5) is 0 Å². The molecule has 2 saturated heterocycles. The van der Waals surface area contributed by atoms with Crippen molar-refractivity contribution >= 4 is 37.5 Å². The fraction of sp³-hybridized carbons (Fsp3) is 0.462. The number of likely N-dealkylation sites (tertiary alicyclic amines) is 1. The molecular formula is C26H31N3O5S2. The van der Waals surface area contributed by atoms with E-state index >= 15 is 0 Å². The molecule has 0 radical (unpaired) electrons. The number of carbonyl (C=O) groups excluding carboxylic acids is 1. The number of nitrogens with zero attached hydrogens (tertiary/aromatic N) is 3. The van der Waals surface area contributed by atoms with Gasteiger partial charge in [0.15, 0.2) is 0 Å². The first kappa shape index (κ1) is 25.0. The van der Waals surface area contributed by atoms with Crippen molar-refractivity contribution in [2.24, 2.45) is 5.92 Å². The summed E-state index contributed by atoms with van der Waals surface area (Å²) in [5.41, 5.74) is 1.38. The van der Waals surface area contributed by atoms with Crippen LogP contribution in [0.15, 0.2) is 47.4 Å². The van der Waals surface area contributed by atoms with E-state index in [4.69, 9.17) is 9.47 Å². The molecule has 0 saturated carbocycles. The summed E-state index contributed by atoms with van der Waals surface area (Å²) < 4.78 is 39.9. The van der Waals surface area contributed by atoms with E-state index in [1.807, 2.05) is 18.2 Å². The zero-order valence-corrected chi connectivity index (χ0v) is 22.2. The highest BCUT2D eigenvalue weighted by Gasteiger charge is 2.29. The second-order valence-corrected chi connectivity index (χ2v) is 12.5. The Morgan fingerprint density at radius 1 is 1.00 bits per heavy atom. The van der Waals surface area contributed by atoms with Crippen LogP contribution in [0.5, 0.6) is 10.9 Å². The summed E-state index contributed by atoms with van der Waals surface area (Å²) in [6, 6.07) is 12.1. The SMILES string of the molecule is COc1ccc2nc(OC3CCN(C(=O)c4ccc(S(=O)(=O)N5CCC(C)CC5)cc4)CC3)sc2c1. The molecule has 0 atom stereocenters. The number of fused-ring (bicyclic) bond motifs is 1. The molecular weight excluding hydrogens is 498 g/mol. The number of ether oxygens (including phenoxy) is 2. The van der Waals surface area contributed by atoms with Gasteiger partial charge in [-0.25, -0.2) is 13.4 Å². The van der Waals surface area contributed by atoms with Crippen molar-refractivity contribution in [3.05, 3.63) is 48.0 Å². The minimum atomic E-state index is -3.52. The molecule has 0 spiro atoms. The Balaban J connectivity index is 1.17. The molecule has 192 valence electrons. The Bertz CT molecular complexity index is 1320. The molecule has 3 heterocycles. The van der Waals surface area contributed by atoms with Crippen molar-refractivity contribution < 1.29 is 22.7 Å². The van der Waals surface area contributed by atoms with Crippen LogP contribution in [0.2, 0.25) is 0 Å². The smallest absolute Gasteiger partial charge is 0.274 e. The number of thiazole rings is 1. The third-order valence-electron chi connectivity index (χ3n) is 7.05. The molecule has 0 bridgehead atoms. The summed E-state index contributed by atoms with van der Waals surface area (Å²) in [6.07, 6.45) is 3.18. The molecule has 2 aromatic carbocycles. The molecule has 2 fully saturated rings. The maximum absolute atomic E-state index is 13.0. The second-order valence-electron chi connectivity index (χ2n) is 9.53. The standard InChI is InChI=1S/C26H31N3O5S2/c1-18-9-15-29(16-10-18)36(31,32)22-6-3-19(4-7-22)25(30)28-13-11-20(12-14-28)34-26-27-23-8-5-21(33-2)17-24(23)35-26/h3-8,17-18,20H,9-16H2,1-2H3. The third kappa shape index (κ3) is 5.21. The predicted molar refractivity (Wildman–Crippen MR) is 139 cm³/mol. The molecule has 1 aromatic heterocycles. The molecule has 5 rings (SSSR count). The van der Waals surface area contributed by atoms with Crippen molar-refractivity contribution in [1.29, 1.82) is 0 Å². The molecule has 0 aliphatic carbocycles. The van der Waals surface area contributed by atoms with E-state index in [0.29, 0.717) is 55.7 Å².